The van der Waals surface area contributed by atoms with Crippen molar-refractivity contribution >= 4 is 23.1 Å². The molecule has 100 valence electrons. The number of rotatable bonds is 2. The molecule has 0 bridgehead atoms. The molecule has 1 aromatic heterocycles. The fourth-order valence-corrected chi connectivity index (χ4v) is 2.50. The summed E-state index contributed by atoms with van der Waals surface area (Å²) >= 11 is 5.91. The Morgan fingerprint density at radius 1 is 1.44 bits per heavy atom. The summed E-state index contributed by atoms with van der Waals surface area (Å²) < 4.78 is 0. The second-order valence-electron chi connectivity index (χ2n) is 5.20. The normalized spacial score (nSPS) is 21.6. The van der Waals surface area contributed by atoms with Gasteiger partial charge in [-0.25, -0.2) is 4.98 Å². The van der Waals surface area contributed by atoms with E-state index in [2.05, 4.69) is 35.6 Å². The van der Waals surface area contributed by atoms with Crippen molar-refractivity contribution < 1.29 is 0 Å². The number of piperazine rings is 1. The lowest BCUT2D eigenvalue weighted by Gasteiger charge is -2.42. The van der Waals surface area contributed by atoms with Gasteiger partial charge in [-0.3, -0.25) is 4.90 Å². The molecule has 0 amide bonds. The van der Waals surface area contributed by atoms with Gasteiger partial charge in [-0.15, -0.1) is 0 Å². The highest BCUT2D eigenvalue weighted by molar-refractivity contribution is 6.32. The molecule has 4 nitrogen and oxygen atoms in total. The lowest BCUT2D eigenvalue weighted by atomic mass is 10.1. The first kappa shape index (κ1) is 13.4. The van der Waals surface area contributed by atoms with Crippen LogP contribution >= 0.6 is 11.6 Å². The minimum atomic E-state index is 0.439. The molecule has 0 aliphatic carbocycles. The van der Waals surface area contributed by atoms with E-state index in [1.807, 2.05) is 6.07 Å². The summed E-state index contributed by atoms with van der Waals surface area (Å²) in [5, 5.41) is 0.521. The molecule has 1 fully saturated rings. The Bertz CT molecular complexity index is 421. The lowest BCUT2D eigenvalue weighted by molar-refractivity contribution is 0.185. The molecule has 5 heteroatoms. The molecule has 0 radical (unpaired) electrons. The van der Waals surface area contributed by atoms with Gasteiger partial charge >= 0.3 is 0 Å². The van der Waals surface area contributed by atoms with E-state index in [9.17, 15) is 0 Å². The van der Waals surface area contributed by atoms with Gasteiger partial charge in [0.05, 0.1) is 10.7 Å². The van der Waals surface area contributed by atoms with Crippen LogP contribution in [0.2, 0.25) is 5.02 Å². The van der Waals surface area contributed by atoms with E-state index in [0.717, 1.165) is 25.5 Å². The standard InChI is InChI=1S/C13H21ClN4/c1-9(2)17-4-5-18(10(3)8-17)13-6-12(15)11(14)7-16-13/h6-7,9-10H,4-5,8H2,1-3H3,(H2,15,16). The number of halogens is 1. The topological polar surface area (TPSA) is 45.4 Å². The Labute approximate surface area is 114 Å². The van der Waals surface area contributed by atoms with Crippen LogP contribution < -0.4 is 10.6 Å². The Morgan fingerprint density at radius 3 is 2.72 bits per heavy atom. The number of hydrogen-bond donors (Lipinski definition) is 1. The van der Waals surface area contributed by atoms with Crippen molar-refractivity contribution in [2.75, 3.05) is 30.3 Å². The first-order valence-electron chi connectivity index (χ1n) is 6.40. The molecule has 1 aliphatic rings. The summed E-state index contributed by atoms with van der Waals surface area (Å²) in [6, 6.07) is 2.90. The van der Waals surface area contributed by atoms with Gasteiger partial charge in [0.2, 0.25) is 0 Å². The summed E-state index contributed by atoms with van der Waals surface area (Å²) in [6.07, 6.45) is 1.63. The van der Waals surface area contributed by atoms with Crippen molar-refractivity contribution in [2.45, 2.75) is 32.9 Å². The van der Waals surface area contributed by atoms with Crippen molar-refractivity contribution in [1.29, 1.82) is 0 Å². The van der Waals surface area contributed by atoms with Gasteiger partial charge in [0.15, 0.2) is 0 Å². The number of nitrogens with two attached hydrogens (primary N) is 1. The van der Waals surface area contributed by atoms with Gasteiger partial charge < -0.3 is 10.6 Å². The molecule has 1 aliphatic heterocycles. The number of anilines is 2. The summed E-state index contributed by atoms with van der Waals surface area (Å²) in [7, 11) is 0. The Morgan fingerprint density at radius 2 is 2.17 bits per heavy atom. The van der Waals surface area contributed by atoms with E-state index < -0.39 is 0 Å². The maximum Gasteiger partial charge on any atom is 0.130 e. The maximum atomic E-state index is 5.91. The predicted octanol–water partition coefficient (Wildman–Crippen LogP) is 2.24. The second kappa shape index (κ2) is 5.33. The van der Waals surface area contributed by atoms with Gasteiger partial charge in [-0.2, -0.15) is 0 Å². The zero-order chi connectivity index (χ0) is 13.3. The largest absolute Gasteiger partial charge is 0.397 e. The number of hydrogen-bond acceptors (Lipinski definition) is 4. The van der Waals surface area contributed by atoms with Crippen LogP contribution in [0.15, 0.2) is 12.3 Å². The molecule has 0 saturated carbocycles. The lowest BCUT2D eigenvalue weighted by Crippen LogP contribution is -2.54. The Balaban J connectivity index is 2.12. The molecule has 1 aromatic rings. The molecule has 18 heavy (non-hydrogen) atoms. The maximum absolute atomic E-state index is 5.91. The average Bonchev–Trinajstić information content (AvgIpc) is 2.32. The van der Waals surface area contributed by atoms with E-state index in [1.54, 1.807) is 6.20 Å². The van der Waals surface area contributed by atoms with E-state index in [0.29, 0.717) is 22.8 Å². The molecule has 0 spiro atoms. The van der Waals surface area contributed by atoms with Gasteiger partial charge in [0.1, 0.15) is 5.82 Å². The van der Waals surface area contributed by atoms with Crippen LogP contribution in [-0.2, 0) is 0 Å². The van der Waals surface area contributed by atoms with Crippen molar-refractivity contribution in [3.63, 3.8) is 0 Å². The van der Waals surface area contributed by atoms with Crippen LogP contribution in [0.5, 0.6) is 0 Å². The fourth-order valence-electron chi connectivity index (χ4n) is 2.39. The van der Waals surface area contributed by atoms with Gasteiger partial charge in [-0.05, 0) is 20.8 Å². The van der Waals surface area contributed by atoms with Crippen LogP contribution in [0.3, 0.4) is 0 Å². The molecule has 1 saturated heterocycles. The van der Waals surface area contributed by atoms with Crippen molar-refractivity contribution in [3.05, 3.63) is 17.3 Å². The van der Waals surface area contributed by atoms with Crippen molar-refractivity contribution in [2.24, 2.45) is 0 Å². The number of aromatic nitrogens is 1. The molecule has 2 heterocycles. The Hall–Kier alpha value is -1.00. The number of pyridine rings is 1. The predicted molar refractivity (Wildman–Crippen MR) is 77.2 cm³/mol. The van der Waals surface area contributed by atoms with Gasteiger partial charge in [0, 0.05) is 44.0 Å². The van der Waals surface area contributed by atoms with Gasteiger partial charge in [0.25, 0.3) is 0 Å². The highest BCUT2D eigenvalue weighted by Crippen LogP contribution is 2.25. The van der Waals surface area contributed by atoms with Crippen molar-refractivity contribution in [1.82, 2.24) is 9.88 Å². The molecule has 2 rings (SSSR count). The fraction of sp³-hybridized carbons (Fsp3) is 0.615. The van der Waals surface area contributed by atoms with E-state index >= 15 is 0 Å². The van der Waals surface area contributed by atoms with E-state index in [1.165, 1.54) is 0 Å². The molecule has 0 aromatic carbocycles. The minimum absolute atomic E-state index is 0.439. The molecule has 2 N–H and O–H groups in total. The summed E-state index contributed by atoms with van der Waals surface area (Å²) in [5.41, 5.74) is 6.44. The molecular formula is C13H21ClN4. The highest BCUT2D eigenvalue weighted by atomic mass is 35.5. The first-order valence-corrected chi connectivity index (χ1v) is 6.78. The minimum Gasteiger partial charge on any atom is -0.397 e. The quantitative estimate of drug-likeness (QED) is 0.894. The summed E-state index contributed by atoms with van der Waals surface area (Å²) in [4.78, 5) is 9.16. The average molecular weight is 269 g/mol. The third kappa shape index (κ3) is 2.70. The third-order valence-corrected chi connectivity index (χ3v) is 3.87. The Kier molecular flexibility index (Phi) is 3.97. The summed E-state index contributed by atoms with van der Waals surface area (Å²) in [6.45, 7) is 9.80. The first-order chi connectivity index (χ1) is 8.49. The number of nitrogens with zero attached hydrogens (tertiary/aromatic N) is 3. The SMILES string of the molecule is CC(C)N1CCN(c2cc(N)c(Cl)cn2)C(C)C1. The van der Waals surface area contributed by atoms with Gasteiger partial charge in [-0.1, -0.05) is 11.6 Å². The second-order valence-corrected chi connectivity index (χ2v) is 5.60. The zero-order valence-corrected chi connectivity index (χ0v) is 12.0. The van der Waals surface area contributed by atoms with Crippen LogP contribution in [0.1, 0.15) is 20.8 Å². The smallest absolute Gasteiger partial charge is 0.130 e. The van der Waals surface area contributed by atoms with Crippen LogP contribution in [0.4, 0.5) is 11.5 Å². The number of nitrogen functional groups attached to an aromatic ring is 1. The van der Waals surface area contributed by atoms with Crippen molar-refractivity contribution in [3.8, 4) is 0 Å². The van der Waals surface area contributed by atoms with Crippen LogP contribution in [0, 0.1) is 0 Å². The van der Waals surface area contributed by atoms with Crippen LogP contribution in [-0.4, -0.2) is 41.6 Å². The molecular weight excluding hydrogens is 248 g/mol. The van der Waals surface area contributed by atoms with E-state index in [-0.39, 0.29) is 0 Å². The third-order valence-electron chi connectivity index (χ3n) is 3.55. The highest BCUT2D eigenvalue weighted by Gasteiger charge is 2.26. The monoisotopic (exact) mass is 268 g/mol. The van der Waals surface area contributed by atoms with E-state index in [4.69, 9.17) is 17.3 Å². The summed E-state index contributed by atoms with van der Waals surface area (Å²) in [5.74, 6) is 0.924. The molecule has 1 unspecified atom stereocenters. The zero-order valence-electron chi connectivity index (χ0n) is 11.2. The van der Waals surface area contributed by atoms with Crippen LogP contribution in [0.25, 0.3) is 0 Å². The molecule has 1 atom stereocenters.